The number of aromatic nitrogens is 2. The molecule has 110 valence electrons. The van der Waals surface area contributed by atoms with Gasteiger partial charge in [0.2, 0.25) is 0 Å². The zero-order chi connectivity index (χ0) is 15.4. The summed E-state index contributed by atoms with van der Waals surface area (Å²) in [5, 5.41) is 16.3. The van der Waals surface area contributed by atoms with Crippen LogP contribution in [0.1, 0.15) is 11.3 Å². The van der Waals surface area contributed by atoms with Crippen molar-refractivity contribution in [3.8, 4) is 16.6 Å². The summed E-state index contributed by atoms with van der Waals surface area (Å²) in [6, 6.07) is 12.2. The Bertz CT molecular complexity index is 805. The second-order valence-corrected chi connectivity index (χ2v) is 6.47. The highest BCUT2D eigenvalue weighted by molar-refractivity contribution is 7.13. The van der Waals surface area contributed by atoms with Gasteiger partial charge in [-0.1, -0.05) is 41.9 Å². The number of nitrogens with zero attached hydrogens (tertiary/aromatic N) is 3. The molecule has 4 nitrogen and oxygen atoms in total. The minimum atomic E-state index is 0.259. The SMILES string of the molecule is N#Cc1c(Cl)nsc1NCCc1csc(-c2ccccc2)n1. The summed E-state index contributed by atoms with van der Waals surface area (Å²) in [5.41, 5.74) is 2.58. The Morgan fingerprint density at radius 2 is 2.09 bits per heavy atom. The summed E-state index contributed by atoms with van der Waals surface area (Å²) < 4.78 is 3.97. The topological polar surface area (TPSA) is 61.6 Å². The molecule has 0 amide bonds. The van der Waals surface area contributed by atoms with E-state index in [2.05, 4.69) is 38.3 Å². The maximum absolute atomic E-state index is 9.02. The molecule has 0 aliphatic carbocycles. The van der Waals surface area contributed by atoms with Crippen molar-refractivity contribution in [2.75, 3.05) is 11.9 Å². The average molecular weight is 347 g/mol. The fraction of sp³-hybridized carbons (Fsp3) is 0.133. The number of halogens is 1. The van der Waals surface area contributed by atoms with Crippen molar-refractivity contribution < 1.29 is 0 Å². The Labute approximate surface area is 141 Å². The van der Waals surface area contributed by atoms with Gasteiger partial charge in [0.15, 0.2) is 5.15 Å². The van der Waals surface area contributed by atoms with Crippen LogP contribution in [0.4, 0.5) is 5.00 Å². The Kier molecular flexibility index (Phi) is 4.68. The number of hydrogen-bond acceptors (Lipinski definition) is 6. The van der Waals surface area contributed by atoms with Crippen LogP contribution in [0.3, 0.4) is 0 Å². The maximum Gasteiger partial charge on any atom is 0.162 e. The van der Waals surface area contributed by atoms with E-state index >= 15 is 0 Å². The molecule has 2 heterocycles. The van der Waals surface area contributed by atoms with Crippen molar-refractivity contribution in [1.82, 2.24) is 9.36 Å². The van der Waals surface area contributed by atoms with E-state index in [1.165, 1.54) is 11.5 Å². The number of thiazole rings is 1. The molecule has 1 N–H and O–H groups in total. The Balaban J connectivity index is 1.61. The zero-order valence-corrected chi connectivity index (χ0v) is 13.8. The number of benzene rings is 1. The lowest BCUT2D eigenvalue weighted by atomic mass is 10.2. The van der Waals surface area contributed by atoms with Crippen LogP contribution in [-0.4, -0.2) is 15.9 Å². The van der Waals surface area contributed by atoms with Gasteiger partial charge in [-0.15, -0.1) is 11.3 Å². The van der Waals surface area contributed by atoms with Crippen molar-refractivity contribution in [2.45, 2.75) is 6.42 Å². The molecule has 2 aromatic heterocycles. The van der Waals surface area contributed by atoms with Crippen molar-refractivity contribution in [3.63, 3.8) is 0 Å². The number of hydrogen-bond donors (Lipinski definition) is 1. The van der Waals surface area contributed by atoms with Gasteiger partial charge >= 0.3 is 0 Å². The van der Waals surface area contributed by atoms with Crippen LogP contribution in [0, 0.1) is 11.3 Å². The first-order valence-corrected chi connectivity index (χ1v) is 8.60. The number of anilines is 1. The first-order chi connectivity index (χ1) is 10.8. The van der Waals surface area contributed by atoms with Gasteiger partial charge in [-0.25, -0.2) is 4.98 Å². The largest absolute Gasteiger partial charge is 0.374 e. The number of nitriles is 1. The van der Waals surface area contributed by atoms with Crippen LogP contribution in [0.15, 0.2) is 35.7 Å². The van der Waals surface area contributed by atoms with Crippen molar-refractivity contribution in [2.24, 2.45) is 0 Å². The molecule has 0 saturated heterocycles. The van der Waals surface area contributed by atoms with E-state index in [1.807, 2.05) is 18.2 Å². The Morgan fingerprint density at radius 3 is 2.86 bits per heavy atom. The maximum atomic E-state index is 9.02. The molecule has 0 spiro atoms. The van der Waals surface area contributed by atoms with E-state index in [0.717, 1.165) is 22.7 Å². The normalized spacial score (nSPS) is 10.4. The average Bonchev–Trinajstić information content (AvgIpc) is 3.15. The van der Waals surface area contributed by atoms with Gasteiger partial charge in [0.1, 0.15) is 21.6 Å². The van der Waals surface area contributed by atoms with Gasteiger partial charge in [-0.3, -0.25) is 0 Å². The van der Waals surface area contributed by atoms with Gasteiger partial charge in [0.05, 0.1) is 5.69 Å². The molecule has 0 aliphatic rings. The summed E-state index contributed by atoms with van der Waals surface area (Å²) in [5.74, 6) is 0. The van der Waals surface area contributed by atoms with E-state index in [4.69, 9.17) is 16.9 Å². The Morgan fingerprint density at radius 1 is 1.27 bits per heavy atom. The lowest BCUT2D eigenvalue weighted by Gasteiger charge is -2.01. The third-order valence-corrected chi connectivity index (χ3v) is 5.12. The van der Waals surface area contributed by atoms with E-state index in [0.29, 0.717) is 17.1 Å². The molecule has 3 rings (SSSR count). The number of rotatable bonds is 5. The third kappa shape index (κ3) is 3.28. The molecule has 7 heteroatoms. The van der Waals surface area contributed by atoms with Crippen molar-refractivity contribution in [1.29, 1.82) is 5.26 Å². The summed E-state index contributed by atoms with van der Waals surface area (Å²) in [6.45, 7) is 0.686. The molecule has 0 radical (unpaired) electrons. The van der Waals surface area contributed by atoms with Crippen LogP contribution in [0.5, 0.6) is 0 Å². The monoisotopic (exact) mass is 346 g/mol. The molecule has 22 heavy (non-hydrogen) atoms. The fourth-order valence-corrected chi connectivity index (χ4v) is 3.75. The summed E-state index contributed by atoms with van der Waals surface area (Å²) >= 11 is 8.68. The zero-order valence-electron chi connectivity index (χ0n) is 11.4. The molecule has 1 aromatic carbocycles. The highest BCUT2D eigenvalue weighted by Crippen LogP contribution is 2.27. The quantitative estimate of drug-likeness (QED) is 0.741. The van der Waals surface area contributed by atoms with Crippen LogP contribution in [0.25, 0.3) is 10.6 Å². The van der Waals surface area contributed by atoms with Gasteiger partial charge in [0, 0.05) is 23.9 Å². The lowest BCUT2D eigenvalue weighted by molar-refractivity contribution is 0.981. The third-order valence-electron chi connectivity index (χ3n) is 3.00. The van der Waals surface area contributed by atoms with E-state index in [9.17, 15) is 0 Å². The molecular formula is C15H11ClN4S2. The lowest BCUT2D eigenvalue weighted by Crippen LogP contribution is -2.04. The van der Waals surface area contributed by atoms with Crippen LogP contribution in [-0.2, 0) is 6.42 Å². The molecule has 0 aliphatic heterocycles. The minimum absolute atomic E-state index is 0.259. The van der Waals surface area contributed by atoms with Crippen LogP contribution in [0.2, 0.25) is 5.15 Å². The highest BCUT2D eigenvalue weighted by Gasteiger charge is 2.11. The Hall–Kier alpha value is -1.94. The molecule has 0 fully saturated rings. The second-order valence-electron chi connectivity index (χ2n) is 4.48. The van der Waals surface area contributed by atoms with E-state index in [-0.39, 0.29) is 5.15 Å². The first kappa shape index (κ1) is 15.0. The standard InChI is InChI=1S/C15H11ClN4S2/c16-13-12(8-17)15(22-20-13)18-7-6-11-9-21-14(19-11)10-4-2-1-3-5-10/h1-5,9,18H,6-7H2. The first-order valence-electron chi connectivity index (χ1n) is 6.57. The summed E-state index contributed by atoms with van der Waals surface area (Å²) in [6.07, 6.45) is 0.781. The van der Waals surface area contributed by atoms with Gasteiger partial charge < -0.3 is 5.32 Å². The molecule has 0 atom stereocenters. The molecular weight excluding hydrogens is 336 g/mol. The van der Waals surface area contributed by atoms with E-state index in [1.54, 1.807) is 11.3 Å². The fourth-order valence-electron chi connectivity index (χ4n) is 1.93. The minimum Gasteiger partial charge on any atom is -0.374 e. The molecule has 0 unspecified atom stereocenters. The van der Waals surface area contributed by atoms with Gasteiger partial charge in [-0.05, 0) is 11.5 Å². The summed E-state index contributed by atoms with van der Waals surface area (Å²) in [7, 11) is 0. The predicted molar refractivity (Wildman–Crippen MR) is 91.6 cm³/mol. The van der Waals surface area contributed by atoms with Crippen LogP contribution >= 0.6 is 34.5 Å². The molecule has 0 bridgehead atoms. The summed E-state index contributed by atoms with van der Waals surface area (Å²) in [4.78, 5) is 4.63. The van der Waals surface area contributed by atoms with Crippen molar-refractivity contribution >= 4 is 39.5 Å². The molecule has 3 aromatic rings. The predicted octanol–water partition coefficient (Wildman–Crippen LogP) is 4.45. The van der Waals surface area contributed by atoms with Gasteiger partial charge in [-0.2, -0.15) is 9.64 Å². The van der Waals surface area contributed by atoms with Gasteiger partial charge in [0.25, 0.3) is 0 Å². The molecule has 0 saturated carbocycles. The van der Waals surface area contributed by atoms with E-state index < -0.39 is 0 Å². The van der Waals surface area contributed by atoms with Crippen LogP contribution < -0.4 is 5.32 Å². The van der Waals surface area contributed by atoms with Crippen molar-refractivity contribution in [3.05, 3.63) is 52.1 Å². The highest BCUT2D eigenvalue weighted by atomic mass is 35.5. The second kappa shape index (κ2) is 6.88. The number of nitrogens with one attached hydrogen (secondary N) is 1. The smallest absolute Gasteiger partial charge is 0.162 e.